The van der Waals surface area contributed by atoms with Gasteiger partial charge in [-0.15, -0.1) is 11.3 Å². The molecule has 0 atom stereocenters. The highest BCUT2D eigenvalue weighted by molar-refractivity contribution is 7.15. The summed E-state index contributed by atoms with van der Waals surface area (Å²) in [5.74, 6) is 1.28. The summed E-state index contributed by atoms with van der Waals surface area (Å²) in [6.45, 7) is 3.98. The zero-order chi connectivity index (χ0) is 13.2. The number of benzene rings is 1. The Morgan fingerprint density at radius 1 is 1.16 bits per heavy atom. The topological polar surface area (TPSA) is 51.8 Å². The molecule has 0 aliphatic heterocycles. The number of hydrogen-bond donors (Lipinski definition) is 0. The molecule has 0 bridgehead atoms. The predicted molar refractivity (Wildman–Crippen MR) is 75.0 cm³/mol. The van der Waals surface area contributed by atoms with Crippen LogP contribution in [0.1, 0.15) is 17.8 Å². The second kappa shape index (κ2) is 4.93. The predicted octanol–water partition coefficient (Wildman–Crippen LogP) is 3.73. The first-order valence-electron chi connectivity index (χ1n) is 6.13. The normalized spacial score (nSPS) is 10.8. The summed E-state index contributed by atoms with van der Waals surface area (Å²) < 4.78 is 5.19. The summed E-state index contributed by atoms with van der Waals surface area (Å²) in [4.78, 5) is 9.95. The molecule has 0 unspecified atom stereocenters. The Morgan fingerprint density at radius 2 is 1.95 bits per heavy atom. The average Bonchev–Trinajstić information content (AvgIpc) is 3.05. The van der Waals surface area contributed by atoms with Crippen LogP contribution in [0.25, 0.3) is 22.0 Å². The average molecular weight is 271 g/mol. The molecule has 0 aliphatic rings. The van der Waals surface area contributed by atoms with Gasteiger partial charge in [0, 0.05) is 12.0 Å². The Morgan fingerprint density at radius 3 is 2.63 bits per heavy atom. The summed E-state index contributed by atoms with van der Waals surface area (Å²) >= 11 is 1.59. The van der Waals surface area contributed by atoms with Gasteiger partial charge in [-0.05, 0) is 6.92 Å². The van der Waals surface area contributed by atoms with E-state index >= 15 is 0 Å². The number of hydrogen-bond acceptors (Lipinski definition) is 5. The molecule has 0 saturated heterocycles. The minimum Gasteiger partial charge on any atom is -0.339 e. The zero-order valence-electron chi connectivity index (χ0n) is 10.8. The quantitative estimate of drug-likeness (QED) is 0.728. The van der Waals surface area contributed by atoms with Gasteiger partial charge in [-0.25, -0.2) is 4.98 Å². The molecule has 0 N–H and O–H groups in total. The van der Waals surface area contributed by atoms with Gasteiger partial charge in [0.05, 0.1) is 10.7 Å². The summed E-state index contributed by atoms with van der Waals surface area (Å²) in [5.41, 5.74) is 2.00. The van der Waals surface area contributed by atoms with Crippen LogP contribution in [0.15, 0.2) is 34.9 Å². The Labute approximate surface area is 115 Å². The van der Waals surface area contributed by atoms with Gasteiger partial charge >= 0.3 is 0 Å². The van der Waals surface area contributed by atoms with Crippen LogP contribution in [0.5, 0.6) is 0 Å². The van der Waals surface area contributed by atoms with Gasteiger partial charge in [0.15, 0.2) is 0 Å². The fourth-order valence-electron chi connectivity index (χ4n) is 1.86. The minimum atomic E-state index is 0.626. The van der Waals surface area contributed by atoms with Crippen LogP contribution >= 0.6 is 11.3 Å². The lowest BCUT2D eigenvalue weighted by molar-refractivity contribution is 0.383. The van der Waals surface area contributed by atoms with Crippen LogP contribution in [0.3, 0.4) is 0 Å². The van der Waals surface area contributed by atoms with Crippen molar-refractivity contribution in [1.82, 2.24) is 15.1 Å². The summed E-state index contributed by atoms with van der Waals surface area (Å²) in [6, 6.07) is 10.1. The van der Waals surface area contributed by atoms with Crippen molar-refractivity contribution in [1.29, 1.82) is 0 Å². The highest BCUT2D eigenvalue weighted by atomic mass is 32.1. The monoisotopic (exact) mass is 271 g/mol. The number of rotatable bonds is 3. The van der Waals surface area contributed by atoms with Gasteiger partial charge in [0.2, 0.25) is 11.7 Å². The molecule has 0 radical (unpaired) electrons. The molecular weight excluding hydrogens is 258 g/mol. The molecule has 4 nitrogen and oxygen atoms in total. The number of aromatic nitrogens is 3. The molecule has 2 aromatic heterocycles. The zero-order valence-corrected chi connectivity index (χ0v) is 11.6. The molecule has 96 valence electrons. The van der Waals surface area contributed by atoms with Crippen molar-refractivity contribution in [3.63, 3.8) is 0 Å². The highest BCUT2D eigenvalue weighted by Crippen LogP contribution is 2.34. The molecule has 0 aliphatic carbocycles. The first-order chi connectivity index (χ1) is 9.28. The van der Waals surface area contributed by atoms with Crippen LogP contribution in [0.2, 0.25) is 0 Å². The molecule has 1 aromatic carbocycles. The lowest BCUT2D eigenvalue weighted by Gasteiger charge is -1.98. The van der Waals surface area contributed by atoms with Gasteiger partial charge in [-0.2, -0.15) is 4.98 Å². The number of thiazole rings is 1. The molecule has 3 rings (SSSR count). The van der Waals surface area contributed by atoms with Gasteiger partial charge in [-0.1, -0.05) is 42.4 Å². The van der Waals surface area contributed by atoms with Crippen molar-refractivity contribution in [3.8, 4) is 22.0 Å². The maximum atomic E-state index is 5.19. The van der Waals surface area contributed by atoms with E-state index in [9.17, 15) is 0 Å². The molecule has 0 spiro atoms. The van der Waals surface area contributed by atoms with Crippen molar-refractivity contribution in [2.75, 3.05) is 0 Å². The minimum absolute atomic E-state index is 0.626. The summed E-state index contributed by atoms with van der Waals surface area (Å²) in [6.07, 6.45) is 0.742. The van der Waals surface area contributed by atoms with Crippen LogP contribution in [-0.4, -0.2) is 15.1 Å². The van der Waals surface area contributed by atoms with Gasteiger partial charge in [0.1, 0.15) is 4.88 Å². The fraction of sp³-hybridized carbons (Fsp3) is 0.214. The highest BCUT2D eigenvalue weighted by Gasteiger charge is 2.17. The largest absolute Gasteiger partial charge is 0.339 e. The molecule has 19 heavy (non-hydrogen) atoms. The Balaban J connectivity index is 2.12. The van der Waals surface area contributed by atoms with E-state index in [-0.39, 0.29) is 0 Å². The van der Waals surface area contributed by atoms with Gasteiger partial charge in [-0.3, -0.25) is 0 Å². The van der Waals surface area contributed by atoms with E-state index in [1.165, 1.54) is 0 Å². The fourth-order valence-corrected chi connectivity index (χ4v) is 2.73. The van der Waals surface area contributed by atoms with Gasteiger partial charge < -0.3 is 4.52 Å². The van der Waals surface area contributed by atoms with Crippen LogP contribution < -0.4 is 0 Å². The van der Waals surface area contributed by atoms with E-state index in [4.69, 9.17) is 4.52 Å². The van der Waals surface area contributed by atoms with E-state index in [1.54, 1.807) is 11.3 Å². The van der Waals surface area contributed by atoms with Crippen molar-refractivity contribution in [3.05, 3.63) is 41.2 Å². The van der Waals surface area contributed by atoms with E-state index < -0.39 is 0 Å². The van der Waals surface area contributed by atoms with Crippen molar-refractivity contribution in [2.24, 2.45) is 0 Å². The van der Waals surface area contributed by atoms with E-state index in [2.05, 4.69) is 15.1 Å². The summed E-state index contributed by atoms with van der Waals surface area (Å²) in [7, 11) is 0. The molecule has 0 fully saturated rings. The van der Waals surface area contributed by atoms with Crippen molar-refractivity contribution < 1.29 is 4.52 Å². The van der Waals surface area contributed by atoms with E-state index in [0.717, 1.165) is 27.6 Å². The smallest absolute Gasteiger partial charge is 0.226 e. The SMILES string of the molecule is CCc1nc(-c2sc(C)nc2-c2ccccc2)no1. The van der Waals surface area contributed by atoms with Crippen LogP contribution in [0, 0.1) is 6.92 Å². The molecule has 0 amide bonds. The van der Waals surface area contributed by atoms with Crippen LogP contribution in [-0.2, 0) is 6.42 Å². The second-order valence-corrected chi connectivity index (χ2v) is 5.35. The molecular formula is C14H13N3OS. The standard InChI is InChI=1S/C14H13N3OS/c1-3-11-16-14(17-18-11)13-12(15-9(2)19-13)10-7-5-4-6-8-10/h4-8H,3H2,1-2H3. The third-order valence-electron chi connectivity index (χ3n) is 2.75. The third-order valence-corrected chi connectivity index (χ3v) is 3.72. The first kappa shape index (κ1) is 12.0. The lowest BCUT2D eigenvalue weighted by Crippen LogP contribution is -1.84. The maximum Gasteiger partial charge on any atom is 0.226 e. The second-order valence-electron chi connectivity index (χ2n) is 4.14. The van der Waals surface area contributed by atoms with Crippen LogP contribution in [0.4, 0.5) is 0 Å². The van der Waals surface area contributed by atoms with Crippen molar-refractivity contribution in [2.45, 2.75) is 20.3 Å². The molecule has 3 aromatic rings. The maximum absolute atomic E-state index is 5.19. The first-order valence-corrected chi connectivity index (χ1v) is 6.95. The third kappa shape index (κ3) is 2.29. The Kier molecular flexibility index (Phi) is 3.13. The number of aryl methyl sites for hydroxylation is 2. The lowest BCUT2D eigenvalue weighted by atomic mass is 10.1. The Hall–Kier alpha value is -2.01. The van der Waals surface area contributed by atoms with Gasteiger partial charge in [0.25, 0.3) is 0 Å². The Bertz CT molecular complexity index is 688. The molecule has 0 saturated carbocycles. The summed E-state index contributed by atoms with van der Waals surface area (Å²) in [5, 5.41) is 5.04. The van der Waals surface area contributed by atoms with E-state index in [1.807, 2.05) is 44.2 Å². The number of nitrogens with zero attached hydrogens (tertiary/aromatic N) is 3. The van der Waals surface area contributed by atoms with Crippen molar-refractivity contribution >= 4 is 11.3 Å². The molecule has 2 heterocycles. The van der Waals surface area contributed by atoms with E-state index in [0.29, 0.717) is 11.7 Å². The molecule has 5 heteroatoms.